The Morgan fingerprint density at radius 2 is 2.18 bits per heavy atom. The topological polar surface area (TPSA) is 55.5 Å². The molecular weight excluding hydrogens is 218 g/mol. The van der Waals surface area contributed by atoms with E-state index in [9.17, 15) is 0 Å². The van der Waals surface area contributed by atoms with E-state index in [0.717, 1.165) is 11.3 Å². The highest BCUT2D eigenvalue weighted by Gasteiger charge is 2.14. The molecular formula is C13H15NO3. The van der Waals surface area contributed by atoms with E-state index in [-0.39, 0.29) is 12.5 Å². The lowest BCUT2D eigenvalue weighted by Gasteiger charge is -2.05. The van der Waals surface area contributed by atoms with Crippen LogP contribution in [0.4, 0.5) is 0 Å². The first-order chi connectivity index (χ1) is 8.26. The minimum absolute atomic E-state index is 0.0422. The second kappa shape index (κ2) is 5.01. The molecule has 0 aliphatic carbocycles. The van der Waals surface area contributed by atoms with Crippen molar-refractivity contribution in [2.24, 2.45) is 0 Å². The Morgan fingerprint density at radius 3 is 2.88 bits per heavy atom. The minimum Gasteiger partial charge on any atom is -0.496 e. The van der Waals surface area contributed by atoms with Crippen molar-refractivity contribution in [1.82, 2.24) is 4.98 Å². The summed E-state index contributed by atoms with van der Waals surface area (Å²) in [5.41, 5.74) is 0.811. The standard InChI is InChI=1S/C13H15NO3/c1-9(8-15)12-7-14-13(17-12)10-5-3-4-6-11(10)16-2/h3-7,9,15H,8H2,1-2H3. The van der Waals surface area contributed by atoms with E-state index in [1.807, 2.05) is 31.2 Å². The average molecular weight is 233 g/mol. The summed E-state index contributed by atoms with van der Waals surface area (Å²) in [5, 5.41) is 9.06. The maximum absolute atomic E-state index is 9.06. The smallest absolute Gasteiger partial charge is 0.230 e. The summed E-state index contributed by atoms with van der Waals surface area (Å²) >= 11 is 0. The monoisotopic (exact) mass is 233 g/mol. The number of ether oxygens (including phenoxy) is 1. The lowest BCUT2D eigenvalue weighted by molar-refractivity contribution is 0.258. The number of aromatic nitrogens is 1. The number of methoxy groups -OCH3 is 1. The fourth-order valence-corrected chi connectivity index (χ4v) is 1.55. The first kappa shape index (κ1) is 11.7. The fraction of sp³-hybridized carbons (Fsp3) is 0.308. The second-order valence-electron chi connectivity index (χ2n) is 3.85. The van der Waals surface area contributed by atoms with Crippen molar-refractivity contribution >= 4 is 0 Å². The molecule has 2 aromatic rings. The van der Waals surface area contributed by atoms with Gasteiger partial charge < -0.3 is 14.3 Å². The fourth-order valence-electron chi connectivity index (χ4n) is 1.55. The number of aliphatic hydroxyl groups excluding tert-OH is 1. The number of nitrogens with zero attached hydrogens (tertiary/aromatic N) is 1. The summed E-state index contributed by atoms with van der Waals surface area (Å²) in [6.45, 7) is 1.92. The third-order valence-electron chi connectivity index (χ3n) is 2.62. The van der Waals surface area contributed by atoms with Gasteiger partial charge in [-0.2, -0.15) is 0 Å². The molecule has 0 radical (unpaired) electrons. The van der Waals surface area contributed by atoms with Crippen LogP contribution in [0, 0.1) is 0 Å². The van der Waals surface area contributed by atoms with E-state index >= 15 is 0 Å². The molecule has 0 bridgehead atoms. The van der Waals surface area contributed by atoms with Gasteiger partial charge in [-0.05, 0) is 12.1 Å². The Labute approximate surface area is 99.9 Å². The van der Waals surface area contributed by atoms with Crippen molar-refractivity contribution in [3.63, 3.8) is 0 Å². The van der Waals surface area contributed by atoms with E-state index in [0.29, 0.717) is 11.7 Å². The van der Waals surface area contributed by atoms with Crippen molar-refractivity contribution < 1.29 is 14.3 Å². The first-order valence-corrected chi connectivity index (χ1v) is 5.46. The summed E-state index contributed by atoms with van der Waals surface area (Å²) in [5.74, 6) is 1.86. The highest BCUT2D eigenvalue weighted by atomic mass is 16.5. The molecule has 0 aliphatic heterocycles. The zero-order chi connectivity index (χ0) is 12.3. The van der Waals surface area contributed by atoms with Crippen LogP contribution in [0.25, 0.3) is 11.5 Å². The van der Waals surface area contributed by atoms with Crippen molar-refractivity contribution in [2.75, 3.05) is 13.7 Å². The van der Waals surface area contributed by atoms with Crippen molar-refractivity contribution in [1.29, 1.82) is 0 Å². The molecule has 1 atom stereocenters. The highest BCUT2D eigenvalue weighted by Crippen LogP contribution is 2.30. The molecule has 2 rings (SSSR count). The summed E-state index contributed by atoms with van der Waals surface area (Å²) in [6.07, 6.45) is 1.64. The Balaban J connectivity index is 2.37. The lowest BCUT2D eigenvalue weighted by atomic mass is 10.1. The summed E-state index contributed by atoms with van der Waals surface area (Å²) in [7, 11) is 1.61. The van der Waals surface area contributed by atoms with Gasteiger partial charge in [0.1, 0.15) is 11.5 Å². The Hall–Kier alpha value is -1.81. The maximum atomic E-state index is 9.06. The van der Waals surface area contributed by atoms with Crippen LogP contribution in [0.2, 0.25) is 0 Å². The lowest BCUT2D eigenvalue weighted by Crippen LogP contribution is -1.96. The molecule has 1 aromatic heterocycles. The molecule has 1 N–H and O–H groups in total. The van der Waals surface area contributed by atoms with E-state index in [1.54, 1.807) is 13.3 Å². The normalized spacial score (nSPS) is 12.4. The van der Waals surface area contributed by atoms with Gasteiger partial charge in [0.15, 0.2) is 0 Å². The van der Waals surface area contributed by atoms with Crippen molar-refractivity contribution in [2.45, 2.75) is 12.8 Å². The summed E-state index contributed by atoms with van der Waals surface area (Å²) in [4.78, 5) is 4.21. The molecule has 90 valence electrons. The number of hydrogen-bond donors (Lipinski definition) is 1. The molecule has 0 saturated heterocycles. The molecule has 0 amide bonds. The van der Waals surface area contributed by atoms with Gasteiger partial charge >= 0.3 is 0 Å². The van der Waals surface area contributed by atoms with Crippen LogP contribution in [-0.4, -0.2) is 23.8 Å². The molecule has 4 heteroatoms. The average Bonchev–Trinajstić information content (AvgIpc) is 2.87. The number of aliphatic hydroxyl groups is 1. The zero-order valence-electron chi connectivity index (χ0n) is 9.88. The van der Waals surface area contributed by atoms with Gasteiger partial charge in [0, 0.05) is 5.92 Å². The molecule has 4 nitrogen and oxygen atoms in total. The van der Waals surface area contributed by atoms with Gasteiger partial charge in [-0.25, -0.2) is 4.98 Å². The van der Waals surface area contributed by atoms with Crippen LogP contribution in [0.5, 0.6) is 5.75 Å². The molecule has 1 heterocycles. The van der Waals surface area contributed by atoms with Crippen LogP contribution in [0.3, 0.4) is 0 Å². The number of hydrogen-bond acceptors (Lipinski definition) is 4. The Morgan fingerprint density at radius 1 is 1.41 bits per heavy atom. The molecule has 1 aromatic carbocycles. The SMILES string of the molecule is COc1ccccc1-c1ncc(C(C)CO)o1. The second-order valence-corrected chi connectivity index (χ2v) is 3.85. The van der Waals surface area contributed by atoms with Crippen LogP contribution in [-0.2, 0) is 0 Å². The number of oxazole rings is 1. The summed E-state index contributed by atoms with van der Waals surface area (Å²) in [6, 6.07) is 7.53. The quantitative estimate of drug-likeness (QED) is 0.881. The highest BCUT2D eigenvalue weighted by molar-refractivity contribution is 5.62. The van der Waals surface area contributed by atoms with Crippen LogP contribution < -0.4 is 4.74 Å². The zero-order valence-corrected chi connectivity index (χ0v) is 9.88. The third-order valence-corrected chi connectivity index (χ3v) is 2.62. The van der Waals surface area contributed by atoms with Gasteiger partial charge in [0.25, 0.3) is 0 Å². The minimum atomic E-state index is -0.0500. The van der Waals surface area contributed by atoms with Gasteiger partial charge in [-0.3, -0.25) is 0 Å². The molecule has 0 aliphatic rings. The predicted molar refractivity (Wildman–Crippen MR) is 64.0 cm³/mol. The number of rotatable bonds is 4. The van der Waals surface area contributed by atoms with E-state index in [2.05, 4.69) is 4.98 Å². The van der Waals surface area contributed by atoms with Crippen molar-refractivity contribution in [3.8, 4) is 17.2 Å². The van der Waals surface area contributed by atoms with Gasteiger partial charge in [0.2, 0.25) is 5.89 Å². The number of benzene rings is 1. The van der Waals surface area contributed by atoms with Crippen LogP contribution in [0.15, 0.2) is 34.9 Å². The van der Waals surface area contributed by atoms with Crippen molar-refractivity contribution in [3.05, 3.63) is 36.2 Å². The summed E-state index contributed by atoms with van der Waals surface area (Å²) < 4.78 is 10.9. The Bertz CT molecular complexity index is 493. The van der Waals surface area contributed by atoms with Gasteiger partial charge in [-0.1, -0.05) is 19.1 Å². The third kappa shape index (κ3) is 2.31. The molecule has 17 heavy (non-hydrogen) atoms. The van der Waals surface area contributed by atoms with Gasteiger partial charge in [0.05, 0.1) is 25.5 Å². The largest absolute Gasteiger partial charge is 0.496 e. The molecule has 0 fully saturated rings. The molecule has 1 unspecified atom stereocenters. The maximum Gasteiger partial charge on any atom is 0.230 e. The van der Waals surface area contributed by atoms with Gasteiger partial charge in [-0.15, -0.1) is 0 Å². The van der Waals surface area contributed by atoms with E-state index in [4.69, 9.17) is 14.3 Å². The van der Waals surface area contributed by atoms with E-state index < -0.39 is 0 Å². The molecule has 0 saturated carbocycles. The molecule has 0 spiro atoms. The first-order valence-electron chi connectivity index (χ1n) is 5.46. The van der Waals surface area contributed by atoms with Crippen LogP contribution >= 0.6 is 0 Å². The Kier molecular flexibility index (Phi) is 3.44. The van der Waals surface area contributed by atoms with Crippen LogP contribution in [0.1, 0.15) is 18.6 Å². The number of para-hydroxylation sites is 1. The van der Waals surface area contributed by atoms with E-state index in [1.165, 1.54) is 0 Å². The predicted octanol–water partition coefficient (Wildman–Crippen LogP) is 2.45.